The quantitative estimate of drug-likeness (QED) is 0.648. The summed E-state index contributed by atoms with van der Waals surface area (Å²) in [5.74, 6) is 0.876. The van der Waals surface area contributed by atoms with Gasteiger partial charge in [-0.3, -0.25) is 0 Å². The Morgan fingerprint density at radius 1 is 1.00 bits per heavy atom. The molecule has 4 nitrogen and oxygen atoms in total. The number of methoxy groups -OCH3 is 1. The molecule has 0 amide bonds. The molecule has 1 aromatic heterocycles. The van der Waals surface area contributed by atoms with Crippen molar-refractivity contribution in [3.05, 3.63) is 77.3 Å². The summed E-state index contributed by atoms with van der Waals surface area (Å²) in [5, 5.41) is 4.22. The highest BCUT2D eigenvalue weighted by molar-refractivity contribution is 6.31. The van der Waals surface area contributed by atoms with Gasteiger partial charge < -0.3 is 10.1 Å². The molecule has 1 heterocycles. The average molecular weight is 354 g/mol. The van der Waals surface area contributed by atoms with Gasteiger partial charge in [0.05, 0.1) is 7.11 Å². The second-order valence-electron chi connectivity index (χ2n) is 5.67. The van der Waals surface area contributed by atoms with Gasteiger partial charge >= 0.3 is 0 Å². The summed E-state index contributed by atoms with van der Waals surface area (Å²) in [4.78, 5) is 8.13. The Bertz CT molecular complexity index is 824. The fourth-order valence-corrected chi connectivity index (χ4v) is 2.87. The molecule has 5 heteroatoms. The highest BCUT2D eigenvalue weighted by atomic mass is 35.5. The maximum absolute atomic E-state index is 6.17. The minimum absolute atomic E-state index is 0.751. The van der Waals surface area contributed by atoms with E-state index in [0.29, 0.717) is 0 Å². The van der Waals surface area contributed by atoms with Gasteiger partial charge in [0.2, 0.25) is 0 Å². The van der Waals surface area contributed by atoms with Crippen molar-refractivity contribution in [2.24, 2.45) is 0 Å². The highest BCUT2D eigenvalue weighted by Crippen LogP contribution is 2.26. The van der Waals surface area contributed by atoms with Gasteiger partial charge in [0.1, 0.15) is 12.1 Å². The van der Waals surface area contributed by atoms with Gasteiger partial charge in [-0.05, 0) is 41.8 Å². The number of ether oxygens (including phenoxy) is 1. The number of rotatable bonds is 7. The topological polar surface area (TPSA) is 47.0 Å². The van der Waals surface area contributed by atoms with E-state index in [1.54, 1.807) is 19.5 Å². The van der Waals surface area contributed by atoms with Crippen LogP contribution in [0.4, 0.5) is 0 Å². The van der Waals surface area contributed by atoms with E-state index in [-0.39, 0.29) is 0 Å². The minimum atomic E-state index is 0.751. The van der Waals surface area contributed by atoms with Crippen LogP contribution >= 0.6 is 11.6 Å². The molecule has 1 N–H and O–H groups in total. The van der Waals surface area contributed by atoms with Gasteiger partial charge in [-0.1, -0.05) is 41.9 Å². The zero-order valence-electron chi connectivity index (χ0n) is 14.1. The van der Waals surface area contributed by atoms with Crippen LogP contribution < -0.4 is 10.1 Å². The van der Waals surface area contributed by atoms with E-state index < -0.39 is 0 Å². The molecule has 0 bridgehead atoms. The molecular formula is C20H20ClN3O. The third kappa shape index (κ3) is 4.56. The van der Waals surface area contributed by atoms with E-state index in [9.17, 15) is 0 Å². The minimum Gasteiger partial charge on any atom is -0.496 e. The van der Waals surface area contributed by atoms with Crippen molar-refractivity contribution >= 4 is 11.6 Å². The molecule has 0 unspecified atom stereocenters. The number of halogens is 1. The largest absolute Gasteiger partial charge is 0.496 e. The number of nitrogens with zero attached hydrogens (tertiary/aromatic N) is 2. The van der Waals surface area contributed by atoms with E-state index in [4.69, 9.17) is 16.3 Å². The molecule has 3 rings (SSSR count). The summed E-state index contributed by atoms with van der Waals surface area (Å²) < 4.78 is 5.55. The third-order valence-electron chi connectivity index (χ3n) is 4.03. The lowest BCUT2D eigenvalue weighted by molar-refractivity contribution is 0.409. The molecule has 0 aliphatic carbocycles. The maximum atomic E-state index is 6.17. The molecule has 0 saturated carbocycles. The average Bonchev–Trinajstić information content (AvgIpc) is 2.67. The van der Waals surface area contributed by atoms with Crippen LogP contribution in [0.15, 0.2) is 61.2 Å². The van der Waals surface area contributed by atoms with Crippen LogP contribution in [0.3, 0.4) is 0 Å². The molecule has 0 spiro atoms. The zero-order valence-corrected chi connectivity index (χ0v) is 14.8. The van der Waals surface area contributed by atoms with E-state index in [1.165, 1.54) is 6.33 Å². The molecular weight excluding hydrogens is 334 g/mol. The third-order valence-corrected chi connectivity index (χ3v) is 4.39. The van der Waals surface area contributed by atoms with Crippen LogP contribution in [-0.2, 0) is 13.0 Å². The predicted molar refractivity (Wildman–Crippen MR) is 101 cm³/mol. The Balaban J connectivity index is 1.62. The first-order valence-electron chi connectivity index (χ1n) is 8.14. The van der Waals surface area contributed by atoms with Crippen LogP contribution in [-0.4, -0.2) is 23.6 Å². The first kappa shape index (κ1) is 17.4. The highest BCUT2D eigenvalue weighted by Gasteiger charge is 2.07. The van der Waals surface area contributed by atoms with Crippen molar-refractivity contribution in [2.45, 2.75) is 13.0 Å². The lowest BCUT2D eigenvalue weighted by Gasteiger charge is -2.12. The monoisotopic (exact) mass is 353 g/mol. The van der Waals surface area contributed by atoms with Crippen molar-refractivity contribution in [1.29, 1.82) is 0 Å². The molecule has 128 valence electrons. The van der Waals surface area contributed by atoms with E-state index in [1.807, 2.05) is 30.3 Å². The fraction of sp³-hybridized carbons (Fsp3) is 0.200. The molecule has 0 saturated heterocycles. The summed E-state index contributed by atoms with van der Waals surface area (Å²) in [7, 11) is 1.70. The molecule has 25 heavy (non-hydrogen) atoms. The summed E-state index contributed by atoms with van der Waals surface area (Å²) in [5.41, 5.74) is 4.29. The molecule has 0 aliphatic heterocycles. The van der Waals surface area contributed by atoms with Crippen molar-refractivity contribution in [2.75, 3.05) is 13.7 Å². The van der Waals surface area contributed by atoms with Crippen molar-refractivity contribution in [3.63, 3.8) is 0 Å². The van der Waals surface area contributed by atoms with E-state index in [2.05, 4.69) is 27.4 Å². The lowest BCUT2D eigenvalue weighted by Crippen LogP contribution is -2.17. The fourth-order valence-electron chi connectivity index (χ4n) is 2.67. The summed E-state index contributed by atoms with van der Waals surface area (Å²) in [6.07, 6.45) is 6.00. The van der Waals surface area contributed by atoms with Crippen molar-refractivity contribution < 1.29 is 4.74 Å². The second kappa shape index (κ2) is 8.60. The SMILES string of the molecule is COc1cc(-c2cncnc2)ccc1CCNCc1ccccc1Cl. The van der Waals surface area contributed by atoms with E-state index in [0.717, 1.165) is 52.5 Å². The van der Waals surface area contributed by atoms with Gasteiger partial charge in [-0.2, -0.15) is 0 Å². The Morgan fingerprint density at radius 3 is 2.56 bits per heavy atom. The molecule has 3 aromatic rings. The molecule has 0 radical (unpaired) electrons. The maximum Gasteiger partial charge on any atom is 0.122 e. The smallest absolute Gasteiger partial charge is 0.122 e. The van der Waals surface area contributed by atoms with Gasteiger partial charge in [-0.15, -0.1) is 0 Å². The van der Waals surface area contributed by atoms with Gasteiger partial charge in [0, 0.05) is 29.5 Å². The molecule has 0 fully saturated rings. The van der Waals surface area contributed by atoms with Gasteiger partial charge in [0.25, 0.3) is 0 Å². The van der Waals surface area contributed by atoms with Crippen LogP contribution in [0.1, 0.15) is 11.1 Å². The Kier molecular flexibility index (Phi) is 5.99. The summed E-state index contributed by atoms with van der Waals surface area (Å²) in [6, 6.07) is 14.1. The molecule has 2 aromatic carbocycles. The Morgan fingerprint density at radius 2 is 1.80 bits per heavy atom. The van der Waals surface area contributed by atoms with Crippen LogP contribution in [0.25, 0.3) is 11.1 Å². The first-order chi connectivity index (χ1) is 12.3. The second-order valence-corrected chi connectivity index (χ2v) is 6.08. The normalized spacial score (nSPS) is 10.6. The number of aromatic nitrogens is 2. The Hall–Kier alpha value is -2.43. The number of benzene rings is 2. The lowest BCUT2D eigenvalue weighted by atomic mass is 10.0. The van der Waals surface area contributed by atoms with Crippen molar-refractivity contribution in [3.8, 4) is 16.9 Å². The molecule has 0 aliphatic rings. The van der Waals surface area contributed by atoms with E-state index >= 15 is 0 Å². The zero-order chi connectivity index (χ0) is 17.5. The number of hydrogen-bond acceptors (Lipinski definition) is 4. The number of nitrogens with one attached hydrogen (secondary N) is 1. The number of hydrogen-bond donors (Lipinski definition) is 1. The van der Waals surface area contributed by atoms with Crippen LogP contribution in [0.2, 0.25) is 5.02 Å². The predicted octanol–water partition coefficient (Wildman–Crippen LogP) is 4.14. The van der Waals surface area contributed by atoms with Crippen LogP contribution in [0, 0.1) is 0 Å². The first-order valence-corrected chi connectivity index (χ1v) is 8.52. The standard InChI is InChI=1S/C20H20ClN3O/c1-25-20-10-16(18-12-23-14-24-13-18)7-6-15(20)8-9-22-11-17-4-2-3-5-19(17)21/h2-7,10,12-14,22H,8-9,11H2,1H3. The van der Waals surface area contributed by atoms with Gasteiger partial charge in [0.15, 0.2) is 0 Å². The van der Waals surface area contributed by atoms with Crippen molar-refractivity contribution in [1.82, 2.24) is 15.3 Å². The summed E-state index contributed by atoms with van der Waals surface area (Å²) in [6.45, 7) is 1.59. The Labute approximate surface area is 152 Å². The van der Waals surface area contributed by atoms with Gasteiger partial charge in [-0.25, -0.2) is 9.97 Å². The molecule has 0 atom stereocenters. The summed E-state index contributed by atoms with van der Waals surface area (Å²) >= 11 is 6.17. The van der Waals surface area contributed by atoms with Crippen LogP contribution in [0.5, 0.6) is 5.75 Å².